The van der Waals surface area contributed by atoms with Crippen LogP contribution in [-0.2, 0) is 30.4 Å². The van der Waals surface area contributed by atoms with E-state index in [4.69, 9.17) is 14.2 Å². The van der Waals surface area contributed by atoms with Gasteiger partial charge < -0.3 is 14.2 Å². The van der Waals surface area contributed by atoms with Crippen molar-refractivity contribution in [1.82, 2.24) is 0 Å². The lowest BCUT2D eigenvalue weighted by molar-refractivity contribution is -0.139. The highest BCUT2D eigenvalue weighted by atomic mass is 16.5. The second-order valence-electron chi connectivity index (χ2n) is 5.47. The van der Waals surface area contributed by atoms with Gasteiger partial charge in [0.1, 0.15) is 0 Å². The molecular formula is C20H26O5. The van der Waals surface area contributed by atoms with E-state index in [0.29, 0.717) is 17.8 Å². The molecule has 5 heteroatoms. The lowest BCUT2D eigenvalue weighted by Crippen LogP contribution is -2.21. The Morgan fingerprint density at radius 1 is 0.920 bits per heavy atom. The van der Waals surface area contributed by atoms with Gasteiger partial charge >= 0.3 is 11.9 Å². The van der Waals surface area contributed by atoms with E-state index in [9.17, 15) is 9.59 Å². The molecule has 0 N–H and O–H groups in total. The Labute approximate surface area is 149 Å². The zero-order chi connectivity index (χ0) is 18.7. The van der Waals surface area contributed by atoms with Gasteiger partial charge in [-0.25, -0.2) is 9.59 Å². The number of carbonyl (C=O) groups excluding carboxylic acids is 2. The average molecular weight is 346 g/mol. The molecule has 0 radical (unpaired) electrons. The van der Waals surface area contributed by atoms with Crippen LogP contribution in [0.1, 0.15) is 32.3 Å². The van der Waals surface area contributed by atoms with Gasteiger partial charge in [-0.1, -0.05) is 43.5 Å². The van der Waals surface area contributed by atoms with Gasteiger partial charge in [0.25, 0.3) is 0 Å². The molecule has 0 heterocycles. The Balaban J connectivity index is 2.71. The fourth-order valence-corrected chi connectivity index (χ4v) is 2.16. The molecule has 0 aliphatic heterocycles. The maximum absolute atomic E-state index is 11.8. The van der Waals surface area contributed by atoms with Crippen molar-refractivity contribution in [2.24, 2.45) is 0 Å². The number of esters is 2. The second-order valence-corrected chi connectivity index (χ2v) is 5.47. The summed E-state index contributed by atoms with van der Waals surface area (Å²) in [6.07, 6.45) is 0.0859. The van der Waals surface area contributed by atoms with Crippen molar-refractivity contribution in [2.45, 2.75) is 39.4 Å². The molecule has 0 aliphatic rings. The maximum atomic E-state index is 11.8. The Kier molecular flexibility index (Phi) is 9.25. The molecule has 0 bridgehead atoms. The van der Waals surface area contributed by atoms with E-state index in [2.05, 4.69) is 13.2 Å². The van der Waals surface area contributed by atoms with Crippen molar-refractivity contribution in [2.75, 3.05) is 13.2 Å². The molecular weight excluding hydrogens is 320 g/mol. The number of hydrogen-bond acceptors (Lipinski definition) is 5. The van der Waals surface area contributed by atoms with E-state index in [-0.39, 0.29) is 26.1 Å². The molecule has 5 nitrogen and oxygen atoms in total. The summed E-state index contributed by atoms with van der Waals surface area (Å²) in [5.41, 5.74) is 1.60. The summed E-state index contributed by atoms with van der Waals surface area (Å²) in [6.45, 7) is 11.9. The highest BCUT2D eigenvalue weighted by Crippen LogP contribution is 2.18. The molecule has 0 unspecified atom stereocenters. The van der Waals surface area contributed by atoms with Gasteiger partial charge in [0.15, 0.2) is 0 Å². The summed E-state index contributed by atoms with van der Waals surface area (Å²) in [6, 6.07) is 9.65. The molecule has 0 fully saturated rings. The molecule has 0 saturated carbocycles. The highest BCUT2D eigenvalue weighted by Gasteiger charge is 2.20. The molecule has 0 aromatic heterocycles. The first-order chi connectivity index (χ1) is 12.0. The lowest BCUT2D eigenvalue weighted by atomic mass is 10.0. The number of ether oxygens (including phenoxy) is 3. The number of hydrogen-bond donors (Lipinski definition) is 0. The molecule has 1 aromatic rings. The second kappa shape index (κ2) is 11.2. The van der Waals surface area contributed by atoms with Crippen LogP contribution in [0.5, 0.6) is 0 Å². The van der Waals surface area contributed by atoms with Crippen LogP contribution in [0.15, 0.2) is 54.6 Å². The van der Waals surface area contributed by atoms with Gasteiger partial charge in [-0.3, -0.25) is 0 Å². The molecule has 1 aromatic carbocycles. The van der Waals surface area contributed by atoms with E-state index in [1.807, 2.05) is 30.3 Å². The van der Waals surface area contributed by atoms with Crippen LogP contribution < -0.4 is 0 Å². The van der Waals surface area contributed by atoms with Crippen LogP contribution in [0.2, 0.25) is 0 Å². The van der Waals surface area contributed by atoms with Gasteiger partial charge in [0.2, 0.25) is 0 Å². The Bertz CT molecular complexity index is 559. The molecule has 0 saturated heterocycles. The average Bonchev–Trinajstić information content (AvgIpc) is 2.60. The van der Waals surface area contributed by atoms with E-state index in [0.717, 1.165) is 5.56 Å². The topological polar surface area (TPSA) is 61.8 Å². The third-order valence-corrected chi connectivity index (χ3v) is 3.40. The van der Waals surface area contributed by atoms with E-state index in [1.54, 1.807) is 13.8 Å². The quantitative estimate of drug-likeness (QED) is 0.453. The fraction of sp³-hybridized carbons (Fsp3) is 0.400. The van der Waals surface area contributed by atoms with E-state index in [1.165, 1.54) is 0 Å². The predicted molar refractivity (Wildman–Crippen MR) is 95.8 cm³/mol. The van der Waals surface area contributed by atoms with Gasteiger partial charge in [-0.15, -0.1) is 0 Å². The summed E-state index contributed by atoms with van der Waals surface area (Å²) >= 11 is 0. The number of benzene rings is 1. The van der Waals surface area contributed by atoms with Crippen molar-refractivity contribution in [3.8, 4) is 0 Å². The standard InChI is InChI=1S/C20H26O5/c1-5-23-19(21)15(3)12-18(13-16(4)20(22)24-6-2)25-14-17-10-8-7-9-11-17/h7-11,18H,3-6,12-14H2,1-2H3. The molecule has 136 valence electrons. The van der Waals surface area contributed by atoms with Gasteiger partial charge in [-0.2, -0.15) is 0 Å². The number of carbonyl (C=O) groups is 2. The van der Waals surface area contributed by atoms with Crippen LogP contribution in [-0.4, -0.2) is 31.3 Å². The molecule has 0 aliphatic carbocycles. The SMILES string of the molecule is C=C(CC(CC(=C)C(=O)OCC)OCc1ccccc1)C(=O)OCC. The Morgan fingerprint density at radius 3 is 1.84 bits per heavy atom. The minimum absolute atomic E-state index is 0.254. The van der Waals surface area contributed by atoms with Crippen LogP contribution in [0, 0.1) is 0 Å². The maximum Gasteiger partial charge on any atom is 0.333 e. The van der Waals surface area contributed by atoms with Crippen molar-refractivity contribution >= 4 is 11.9 Å². The van der Waals surface area contributed by atoms with Crippen LogP contribution >= 0.6 is 0 Å². The van der Waals surface area contributed by atoms with Crippen molar-refractivity contribution in [1.29, 1.82) is 0 Å². The zero-order valence-corrected chi connectivity index (χ0v) is 15.0. The summed E-state index contributed by atoms with van der Waals surface area (Å²) in [5.74, 6) is -0.921. The Morgan fingerprint density at radius 2 is 1.40 bits per heavy atom. The molecule has 0 atom stereocenters. The summed E-state index contributed by atoms with van der Waals surface area (Å²) in [4.78, 5) is 23.6. The van der Waals surface area contributed by atoms with Crippen LogP contribution in [0.3, 0.4) is 0 Å². The Hall–Kier alpha value is -2.40. The minimum Gasteiger partial charge on any atom is -0.463 e. The summed E-state index contributed by atoms with van der Waals surface area (Å²) < 4.78 is 15.8. The van der Waals surface area contributed by atoms with Gasteiger partial charge in [0.05, 0.1) is 25.9 Å². The monoisotopic (exact) mass is 346 g/mol. The first-order valence-corrected chi connectivity index (χ1v) is 8.33. The minimum atomic E-state index is -0.461. The third-order valence-electron chi connectivity index (χ3n) is 3.40. The van der Waals surface area contributed by atoms with Gasteiger partial charge in [0, 0.05) is 24.0 Å². The van der Waals surface area contributed by atoms with Crippen LogP contribution in [0.25, 0.3) is 0 Å². The molecule has 0 spiro atoms. The largest absolute Gasteiger partial charge is 0.463 e. The van der Waals surface area contributed by atoms with E-state index >= 15 is 0 Å². The molecule has 25 heavy (non-hydrogen) atoms. The molecule has 1 rings (SSSR count). The van der Waals surface area contributed by atoms with Crippen molar-refractivity contribution in [3.63, 3.8) is 0 Å². The van der Waals surface area contributed by atoms with Gasteiger partial charge in [-0.05, 0) is 19.4 Å². The lowest BCUT2D eigenvalue weighted by Gasteiger charge is -2.19. The summed E-state index contributed by atoms with van der Waals surface area (Å²) in [7, 11) is 0. The third kappa shape index (κ3) is 7.81. The molecule has 0 amide bonds. The predicted octanol–water partition coefficient (Wildman–Crippen LogP) is 3.59. The zero-order valence-electron chi connectivity index (χ0n) is 15.0. The first-order valence-electron chi connectivity index (χ1n) is 8.33. The normalized spacial score (nSPS) is 10.4. The highest BCUT2D eigenvalue weighted by molar-refractivity contribution is 5.88. The number of rotatable bonds is 11. The first kappa shape index (κ1) is 20.6. The smallest absolute Gasteiger partial charge is 0.333 e. The van der Waals surface area contributed by atoms with Crippen molar-refractivity contribution < 1.29 is 23.8 Å². The van der Waals surface area contributed by atoms with Crippen LogP contribution in [0.4, 0.5) is 0 Å². The fourth-order valence-electron chi connectivity index (χ4n) is 2.16. The summed E-state index contributed by atoms with van der Waals surface area (Å²) in [5, 5.41) is 0. The van der Waals surface area contributed by atoms with E-state index < -0.39 is 18.0 Å². The van der Waals surface area contributed by atoms with Crippen molar-refractivity contribution in [3.05, 3.63) is 60.2 Å².